The normalized spacial score (nSPS) is 17.8. The van der Waals surface area contributed by atoms with Crippen LogP contribution in [0.5, 0.6) is 5.75 Å². The second-order valence-electron chi connectivity index (χ2n) is 5.51. The summed E-state index contributed by atoms with van der Waals surface area (Å²) in [4.78, 5) is 0. The van der Waals surface area contributed by atoms with E-state index in [0.717, 1.165) is 23.8 Å². The van der Waals surface area contributed by atoms with Gasteiger partial charge >= 0.3 is 0 Å². The van der Waals surface area contributed by atoms with Crippen LogP contribution < -0.4 is 10.1 Å². The lowest BCUT2D eigenvalue weighted by Crippen LogP contribution is -2.32. The van der Waals surface area contributed by atoms with Gasteiger partial charge in [-0.1, -0.05) is 18.2 Å². The molecule has 1 aromatic rings. The highest BCUT2D eigenvalue weighted by Crippen LogP contribution is 2.28. The highest BCUT2D eigenvalue weighted by atomic mass is 16.5. The molecule has 112 valence electrons. The number of rotatable bonds is 9. The van der Waals surface area contributed by atoms with Gasteiger partial charge in [0.1, 0.15) is 5.75 Å². The van der Waals surface area contributed by atoms with Crippen LogP contribution >= 0.6 is 0 Å². The number of aliphatic hydroxyl groups excluding tert-OH is 1. The summed E-state index contributed by atoms with van der Waals surface area (Å²) in [6, 6.07) is 8.06. The highest BCUT2D eigenvalue weighted by Gasteiger charge is 2.21. The van der Waals surface area contributed by atoms with Crippen molar-refractivity contribution in [3.05, 3.63) is 29.8 Å². The third-order valence-electron chi connectivity index (χ3n) is 3.63. The van der Waals surface area contributed by atoms with Crippen molar-refractivity contribution in [1.82, 2.24) is 5.32 Å². The predicted octanol–water partition coefficient (Wildman–Crippen LogP) is 2.13. The minimum absolute atomic E-state index is 0.129. The first-order valence-electron chi connectivity index (χ1n) is 7.32. The molecular formula is C16H25NO3. The van der Waals surface area contributed by atoms with E-state index in [1.165, 1.54) is 12.8 Å². The van der Waals surface area contributed by atoms with Gasteiger partial charge in [-0.2, -0.15) is 0 Å². The van der Waals surface area contributed by atoms with Crippen LogP contribution in [0.4, 0.5) is 0 Å². The molecule has 0 heterocycles. The lowest BCUT2D eigenvalue weighted by atomic mass is 10.1. The fourth-order valence-corrected chi connectivity index (χ4v) is 2.16. The highest BCUT2D eigenvalue weighted by molar-refractivity contribution is 5.35. The summed E-state index contributed by atoms with van der Waals surface area (Å²) in [5, 5.41) is 13.2. The minimum atomic E-state index is -0.467. The third-order valence-corrected chi connectivity index (χ3v) is 3.63. The van der Waals surface area contributed by atoms with E-state index < -0.39 is 6.10 Å². The molecular weight excluding hydrogens is 254 g/mol. The van der Waals surface area contributed by atoms with Crippen LogP contribution in [0.15, 0.2) is 24.3 Å². The molecule has 2 atom stereocenters. The quantitative estimate of drug-likeness (QED) is 0.727. The largest absolute Gasteiger partial charge is 0.496 e. The molecule has 2 N–H and O–H groups in total. The van der Waals surface area contributed by atoms with Crippen molar-refractivity contribution in [3.8, 4) is 5.75 Å². The average molecular weight is 279 g/mol. The number of benzene rings is 1. The third kappa shape index (κ3) is 4.78. The molecule has 1 fully saturated rings. The Morgan fingerprint density at radius 1 is 1.35 bits per heavy atom. The summed E-state index contributed by atoms with van der Waals surface area (Å²) in [7, 11) is 1.67. The Morgan fingerprint density at radius 2 is 2.10 bits per heavy atom. The summed E-state index contributed by atoms with van der Waals surface area (Å²) >= 11 is 0. The Kier molecular flexibility index (Phi) is 5.83. The number of para-hydroxylation sites is 1. The van der Waals surface area contributed by atoms with Gasteiger partial charge in [0.2, 0.25) is 0 Å². The molecule has 1 aliphatic rings. The van der Waals surface area contributed by atoms with Gasteiger partial charge in [0, 0.05) is 24.8 Å². The number of hydrogen-bond acceptors (Lipinski definition) is 4. The Hall–Kier alpha value is -1.10. The molecule has 0 spiro atoms. The first-order valence-corrected chi connectivity index (χ1v) is 7.32. The van der Waals surface area contributed by atoms with E-state index in [1.54, 1.807) is 7.11 Å². The van der Waals surface area contributed by atoms with Crippen LogP contribution in [-0.4, -0.2) is 38.1 Å². The number of methoxy groups -OCH3 is 1. The minimum Gasteiger partial charge on any atom is -0.496 e. The number of hydrogen-bond donors (Lipinski definition) is 2. The van der Waals surface area contributed by atoms with Gasteiger partial charge in [-0.25, -0.2) is 0 Å². The van der Waals surface area contributed by atoms with E-state index in [-0.39, 0.29) is 6.04 Å². The molecule has 4 heteroatoms. The molecule has 0 aliphatic heterocycles. The second kappa shape index (κ2) is 7.62. The van der Waals surface area contributed by atoms with Crippen LogP contribution in [0.1, 0.15) is 31.4 Å². The topological polar surface area (TPSA) is 50.7 Å². The van der Waals surface area contributed by atoms with Gasteiger partial charge in [0.15, 0.2) is 0 Å². The molecule has 0 amide bonds. The molecule has 1 unspecified atom stereocenters. The van der Waals surface area contributed by atoms with Crippen molar-refractivity contribution >= 4 is 0 Å². The van der Waals surface area contributed by atoms with Crippen molar-refractivity contribution in [3.63, 3.8) is 0 Å². The maximum absolute atomic E-state index is 9.89. The van der Waals surface area contributed by atoms with Gasteiger partial charge in [0.25, 0.3) is 0 Å². The zero-order chi connectivity index (χ0) is 14.4. The SMILES string of the molecule is COc1ccccc1[C@H](C)NCC(O)COCC1CC1. The van der Waals surface area contributed by atoms with E-state index >= 15 is 0 Å². The zero-order valence-corrected chi connectivity index (χ0v) is 12.3. The van der Waals surface area contributed by atoms with E-state index in [9.17, 15) is 5.11 Å². The number of aliphatic hydroxyl groups is 1. The Morgan fingerprint density at radius 3 is 2.80 bits per heavy atom. The summed E-state index contributed by atoms with van der Waals surface area (Å²) in [5.41, 5.74) is 1.10. The van der Waals surface area contributed by atoms with Crippen molar-refractivity contribution in [2.75, 3.05) is 26.9 Å². The Balaban J connectivity index is 1.71. The van der Waals surface area contributed by atoms with Gasteiger partial charge in [-0.15, -0.1) is 0 Å². The van der Waals surface area contributed by atoms with Gasteiger partial charge < -0.3 is 19.9 Å². The van der Waals surface area contributed by atoms with Crippen molar-refractivity contribution in [2.45, 2.75) is 31.9 Å². The van der Waals surface area contributed by atoms with E-state index in [1.807, 2.05) is 24.3 Å². The van der Waals surface area contributed by atoms with Crippen LogP contribution in [-0.2, 0) is 4.74 Å². The fraction of sp³-hybridized carbons (Fsp3) is 0.625. The molecule has 1 saturated carbocycles. The summed E-state index contributed by atoms with van der Waals surface area (Å²) < 4.78 is 10.8. The molecule has 0 aromatic heterocycles. The molecule has 20 heavy (non-hydrogen) atoms. The Labute approximate surface area is 121 Å². The number of nitrogens with one attached hydrogen (secondary N) is 1. The van der Waals surface area contributed by atoms with Crippen LogP contribution in [0, 0.1) is 5.92 Å². The molecule has 2 rings (SSSR count). The summed E-state index contributed by atoms with van der Waals surface area (Å²) in [5.74, 6) is 1.61. The van der Waals surface area contributed by atoms with Crippen LogP contribution in [0.3, 0.4) is 0 Å². The molecule has 0 bridgehead atoms. The Bertz CT molecular complexity index is 406. The number of ether oxygens (including phenoxy) is 2. The molecule has 0 saturated heterocycles. The monoisotopic (exact) mass is 279 g/mol. The predicted molar refractivity (Wildman–Crippen MR) is 79.0 cm³/mol. The van der Waals surface area contributed by atoms with Gasteiger partial charge in [0.05, 0.1) is 19.8 Å². The van der Waals surface area contributed by atoms with E-state index in [2.05, 4.69) is 12.2 Å². The molecule has 1 aliphatic carbocycles. The van der Waals surface area contributed by atoms with Crippen LogP contribution in [0.2, 0.25) is 0 Å². The van der Waals surface area contributed by atoms with Gasteiger partial charge in [-0.05, 0) is 31.7 Å². The standard InChI is InChI=1S/C16H25NO3/c1-12(15-5-3-4-6-16(15)19-2)17-9-14(18)11-20-10-13-7-8-13/h3-6,12-14,17-18H,7-11H2,1-2H3/t12-,14?/m0/s1. The van der Waals surface area contributed by atoms with Crippen molar-refractivity contribution in [1.29, 1.82) is 0 Å². The summed E-state index contributed by atoms with van der Waals surface area (Å²) in [6.07, 6.45) is 2.09. The molecule has 4 nitrogen and oxygen atoms in total. The first-order chi connectivity index (χ1) is 9.70. The lowest BCUT2D eigenvalue weighted by Gasteiger charge is -2.19. The lowest BCUT2D eigenvalue weighted by molar-refractivity contribution is 0.0314. The first kappa shape index (κ1) is 15.3. The molecule has 0 radical (unpaired) electrons. The van der Waals surface area contributed by atoms with E-state index in [0.29, 0.717) is 13.2 Å². The molecule has 1 aromatic carbocycles. The van der Waals surface area contributed by atoms with Gasteiger partial charge in [-0.3, -0.25) is 0 Å². The van der Waals surface area contributed by atoms with Crippen molar-refractivity contribution < 1.29 is 14.6 Å². The van der Waals surface area contributed by atoms with E-state index in [4.69, 9.17) is 9.47 Å². The fourth-order valence-electron chi connectivity index (χ4n) is 2.16. The maximum Gasteiger partial charge on any atom is 0.123 e. The van der Waals surface area contributed by atoms with Crippen LogP contribution in [0.25, 0.3) is 0 Å². The smallest absolute Gasteiger partial charge is 0.123 e. The van der Waals surface area contributed by atoms with Crippen molar-refractivity contribution in [2.24, 2.45) is 5.92 Å². The maximum atomic E-state index is 9.89. The average Bonchev–Trinajstić information content (AvgIpc) is 3.29. The second-order valence-corrected chi connectivity index (χ2v) is 5.51. The zero-order valence-electron chi connectivity index (χ0n) is 12.3. The summed E-state index contributed by atoms with van der Waals surface area (Å²) in [6.45, 7) is 3.78.